The molecule has 1 saturated heterocycles. The number of carbonyl (C=O) groups is 1. The molecule has 0 saturated carbocycles. The van der Waals surface area contributed by atoms with Crippen molar-refractivity contribution in [3.8, 4) is 0 Å². The second-order valence-electron chi connectivity index (χ2n) is 6.78. The van der Waals surface area contributed by atoms with Gasteiger partial charge in [0.15, 0.2) is 0 Å². The van der Waals surface area contributed by atoms with Gasteiger partial charge in [-0.05, 0) is 48.6 Å². The zero-order valence-electron chi connectivity index (χ0n) is 14.8. The number of aryl methyl sites for hydroxylation is 1. The van der Waals surface area contributed by atoms with Crippen LogP contribution in [0.5, 0.6) is 0 Å². The minimum Gasteiger partial charge on any atom is -0.384 e. The lowest BCUT2D eigenvalue weighted by Crippen LogP contribution is -2.30. The van der Waals surface area contributed by atoms with Gasteiger partial charge in [0.25, 0.3) is 5.91 Å². The molecule has 0 aromatic heterocycles. The third kappa shape index (κ3) is 4.07. The lowest BCUT2D eigenvalue weighted by atomic mass is 9.98. The van der Waals surface area contributed by atoms with Crippen LogP contribution in [0.2, 0.25) is 0 Å². The van der Waals surface area contributed by atoms with E-state index in [4.69, 9.17) is 4.74 Å². The van der Waals surface area contributed by atoms with Crippen molar-refractivity contribution in [2.75, 3.05) is 26.8 Å². The molecule has 132 valence electrons. The third-order valence-electron chi connectivity index (χ3n) is 4.85. The first kappa shape index (κ1) is 17.6. The molecular weight excluding hydrogens is 317 g/mol. The van der Waals surface area contributed by atoms with E-state index >= 15 is 0 Å². The summed E-state index contributed by atoms with van der Waals surface area (Å²) in [6.45, 7) is 3.94. The summed E-state index contributed by atoms with van der Waals surface area (Å²) >= 11 is 0. The number of hydrogen-bond donors (Lipinski definition) is 0. The van der Waals surface area contributed by atoms with Crippen LogP contribution < -0.4 is 0 Å². The topological polar surface area (TPSA) is 29.5 Å². The largest absolute Gasteiger partial charge is 0.384 e. The molecule has 0 bridgehead atoms. The van der Waals surface area contributed by atoms with Crippen molar-refractivity contribution in [2.24, 2.45) is 5.92 Å². The van der Waals surface area contributed by atoms with Crippen LogP contribution in [-0.4, -0.2) is 37.6 Å². The summed E-state index contributed by atoms with van der Waals surface area (Å²) < 4.78 is 19.0. The van der Waals surface area contributed by atoms with Gasteiger partial charge in [0.1, 0.15) is 5.82 Å². The van der Waals surface area contributed by atoms with Gasteiger partial charge in [-0.3, -0.25) is 4.79 Å². The highest BCUT2D eigenvalue weighted by atomic mass is 19.1. The van der Waals surface area contributed by atoms with Crippen LogP contribution in [-0.2, 0) is 11.2 Å². The highest BCUT2D eigenvalue weighted by Gasteiger charge is 2.27. The van der Waals surface area contributed by atoms with E-state index < -0.39 is 0 Å². The number of methoxy groups -OCH3 is 1. The molecule has 1 heterocycles. The van der Waals surface area contributed by atoms with E-state index in [0.717, 1.165) is 30.6 Å². The van der Waals surface area contributed by atoms with Gasteiger partial charge in [-0.2, -0.15) is 0 Å². The Morgan fingerprint density at radius 2 is 2.08 bits per heavy atom. The summed E-state index contributed by atoms with van der Waals surface area (Å²) in [6.07, 6.45) is 1.53. The molecule has 0 spiro atoms. The highest BCUT2D eigenvalue weighted by Crippen LogP contribution is 2.22. The van der Waals surface area contributed by atoms with Crippen LogP contribution in [0, 0.1) is 18.7 Å². The molecule has 0 N–H and O–H groups in total. The smallest absolute Gasteiger partial charge is 0.254 e. The fourth-order valence-electron chi connectivity index (χ4n) is 3.41. The van der Waals surface area contributed by atoms with E-state index in [1.807, 2.05) is 35.2 Å². The van der Waals surface area contributed by atoms with Crippen LogP contribution in [0.15, 0.2) is 42.5 Å². The van der Waals surface area contributed by atoms with E-state index in [9.17, 15) is 9.18 Å². The summed E-state index contributed by atoms with van der Waals surface area (Å²) in [5, 5.41) is 0. The standard InChI is InChI=1S/C21H24FNO2/c1-15-7-8-16(12-20(15)22)11-18-5-3-4-6-19(18)21(24)23-10-9-17(13-23)14-25-2/h3-8,12,17H,9-11,13-14H2,1-2H3. The summed E-state index contributed by atoms with van der Waals surface area (Å²) in [7, 11) is 1.69. The molecule has 0 radical (unpaired) electrons. The highest BCUT2D eigenvalue weighted by molar-refractivity contribution is 5.96. The first-order valence-corrected chi connectivity index (χ1v) is 8.69. The van der Waals surface area contributed by atoms with E-state index in [1.165, 1.54) is 0 Å². The Labute approximate surface area is 148 Å². The molecule has 3 nitrogen and oxygen atoms in total. The normalized spacial score (nSPS) is 17.1. The zero-order chi connectivity index (χ0) is 17.8. The van der Waals surface area contributed by atoms with Gasteiger partial charge in [-0.1, -0.05) is 30.3 Å². The lowest BCUT2D eigenvalue weighted by molar-refractivity contribution is 0.0774. The number of amides is 1. The van der Waals surface area contributed by atoms with Crippen molar-refractivity contribution in [1.82, 2.24) is 4.90 Å². The average Bonchev–Trinajstić information content (AvgIpc) is 3.07. The Hall–Kier alpha value is -2.20. The fraction of sp³-hybridized carbons (Fsp3) is 0.381. The van der Waals surface area contributed by atoms with E-state index in [1.54, 1.807) is 26.2 Å². The van der Waals surface area contributed by atoms with Crippen molar-refractivity contribution in [3.05, 3.63) is 70.5 Å². The minimum absolute atomic E-state index is 0.0572. The molecule has 1 amide bonds. The Balaban J connectivity index is 1.78. The molecule has 1 atom stereocenters. The molecule has 1 unspecified atom stereocenters. The summed E-state index contributed by atoms with van der Waals surface area (Å²) in [6, 6.07) is 12.9. The van der Waals surface area contributed by atoms with Gasteiger partial charge >= 0.3 is 0 Å². The summed E-state index contributed by atoms with van der Waals surface area (Å²) in [5.74, 6) is 0.261. The average molecular weight is 341 g/mol. The molecule has 0 aliphatic carbocycles. The number of likely N-dealkylation sites (tertiary alicyclic amines) is 1. The van der Waals surface area contributed by atoms with Gasteiger partial charge < -0.3 is 9.64 Å². The molecule has 2 aromatic carbocycles. The second kappa shape index (κ2) is 7.79. The number of carbonyl (C=O) groups excluding carboxylic acids is 1. The quantitative estimate of drug-likeness (QED) is 0.827. The summed E-state index contributed by atoms with van der Waals surface area (Å²) in [4.78, 5) is 14.8. The number of halogens is 1. The molecule has 25 heavy (non-hydrogen) atoms. The second-order valence-corrected chi connectivity index (χ2v) is 6.78. The fourth-order valence-corrected chi connectivity index (χ4v) is 3.41. The van der Waals surface area contributed by atoms with Crippen LogP contribution in [0.1, 0.15) is 33.5 Å². The maximum Gasteiger partial charge on any atom is 0.254 e. The maximum atomic E-state index is 13.8. The monoisotopic (exact) mass is 341 g/mol. The van der Waals surface area contributed by atoms with Crippen molar-refractivity contribution < 1.29 is 13.9 Å². The van der Waals surface area contributed by atoms with Crippen molar-refractivity contribution >= 4 is 5.91 Å². The SMILES string of the molecule is COCC1CCN(C(=O)c2ccccc2Cc2ccc(C)c(F)c2)C1. The Morgan fingerprint density at radius 3 is 2.84 bits per heavy atom. The summed E-state index contributed by atoms with van der Waals surface area (Å²) in [5.41, 5.74) is 3.16. The molecule has 4 heteroatoms. The Kier molecular flexibility index (Phi) is 5.49. The molecule has 2 aromatic rings. The lowest BCUT2D eigenvalue weighted by Gasteiger charge is -2.19. The van der Waals surface area contributed by atoms with Crippen LogP contribution in [0.4, 0.5) is 4.39 Å². The van der Waals surface area contributed by atoms with Crippen molar-refractivity contribution in [2.45, 2.75) is 19.8 Å². The molecule has 1 fully saturated rings. The number of rotatable bonds is 5. The number of hydrogen-bond acceptors (Lipinski definition) is 2. The van der Waals surface area contributed by atoms with Crippen LogP contribution in [0.25, 0.3) is 0 Å². The first-order valence-electron chi connectivity index (χ1n) is 8.69. The van der Waals surface area contributed by atoms with Crippen LogP contribution in [0.3, 0.4) is 0 Å². The number of nitrogens with zero attached hydrogens (tertiary/aromatic N) is 1. The molecule has 1 aliphatic heterocycles. The third-order valence-corrected chi connectivity index (χ3v) is 4.85. The van der Waals surface area contributed by atoms with Gasteiger partial charge in [-0.15, -0.1) is 0 Å². The van der Waals surface area contributed by atoms with E-state index in [0.29, 0.717) is 30.1 Å². The molecule has 3 rings (SSSR count). The minimum atomic E-state index is -0.205. The van der Waals surface area contributed by atoms with Crippen molar-refractivity contribution in [1.29, 1.82) is 0 Å². The number of benzene rings is 2. The van der Waals surface area contributed by atoms with Gasteiger partial charge in [0.2, 0.25) is 0 Å². The first-order chi connectivity index (χ1) is 12.1. The van der Waals surface area contributed by atoms with Crippen LogP contribution >= 0.6 is 0 Å². The predicted octanol–water partition coefficient (Wildman–Crippen LogP) is 3.83. The molecule has 1 aliphatic rings. The Bertz CT molecular complexity index is 759. The zero-order valence-corrected chi connectivity index (χ0v) is 14.8. The van der Waals surface area contributed by atoms with Gasteiger partial charge in [0, 0.05) is 31.7 Å². The van der Waals surface area contributed by atoms with Gasteiger partial charge in [0.05, 0.1) is 6.61 Å². The van der Waals surface area contributed by atoms with Gasteiger partial charge in [-0.25, -0.2) is 4.39 Å². The van der Waals surface area contributed by atoms with E-state index in [-0.39, 0.29) is 11.7 Å². The Morgan fingerprint density at radius 1 is 1.28 bits per heavy atom. The predicted molar refractivity (Wildman–Crippen MR) is 96.3 cm³/mol. The van der Waals surface area contributed by atoms with E-state index in [2.05, 4.69) is 0 Å². The number of ether oxygens (including phenoxy) is 1. The maximum absolute atomic E-state index is 13.8. The van der Waals surface area contributed by atoms with Crippen molar-refractivity contribution in [3.63, 3.8) is 0 Å². The molecular formula is C21H24FNO2.